The van der Waals surface area contributed by atoms with Gasteiger partial charge in [0.05, 0.1) is 38.7 Å². The Morgan fingerprint density at radius 2 is 1.46 bits per heavy atom. The van der Waals surface area contributed by atoms with Gasteiger partial charge in [0.15, 0.2) is 0 Å². The first kappa shape index (κ1) is 45.9. The van der Waals surface area contributed by atoms with E-state index < -0.39 is 24.3 Å². The number of allylic oxidation sites excluding steroid dienone is 1. The van der Waals surface area contributed by atoms with Crippen molar-refractivity contribution in [3.05, 3.63) is 83.3 Å². The van der Waals surface area contributed by atoms with E-state index in [1.54, 1.807) is 4.90 Å². The van der Waals surface area contributed by atoms with Crippen LogP contribution >= 0.6 is 0 Å². The highest BCUT2D eigenvalue weighted by molar-refractivity contribution is 5.87. The predicted molar refractivity (Wildman–Crippen MR) is 231 cm³/mol. The Labute approximate surface area is 350 Å². The third-order valence-corrected chi connectivity index (χ3v) is 10.9. The average molecular weight is 810 g/mol. The summed E-state index contributed by atoms with van der Waals surface area (Å²) in [4.78, 5) is 59.6. The van der Waals surface area contributed by atoms with Gasteiger partial charge >= 0.3 is 12.2 Å². The molecule has 1 aromatic heterocycles. The zero-order chi connectivity index (χ0) is 43.2. The first-order valence-corrected chi connectivity index (χ1v) is 20.7. The van der Waals surface area contributed by atoms with E-state index in [1.807, 2.05) is 112 Å². The number of carbonyl (C=O) groups is 4. The van der Waals surface area contributed by atoms with Crippen LogP contribution in [0.1, 0.15) is 96.7 Å². The summed E-state index contributed by atoms with van der Waals surface area (Å²) in [6.45, 7) is 15.3. The number of carbonyl (C=O) groups excluding carboxylic acids is 4. The molecule has 0 radical (unpaired) electrons. The van der Waals surface area contributed by atoms with E-state index in [0.717, 1.165) is 65.2 Å². The summed E-state index contributed by atoms with van der Waals surface area (Å²) in [5, 5.41) is 9.07. The fourth-order valence-corrected chi connectivity index (χ4v) is 7.29. The van der Waals surface area contributed by atoms with Crippen LogP contribution in [0.25, 0.3) is 17.0 Å². The van der Waals surface area contributed by atoms with Crippen LogP contribution in [0.15, 0.2) is 60.8 Å². The Hall–Kier alpha value is -5.77. The van der Waals surface area contributed by atoms with Crippen LogP contribution in [0.5, 0.6) is 0 Å². The smallest absolute Gasteiger partial charge is 0.407 e. The zero-order valence-corrected chi connectivity index (χ0v) is 36.4. The number of aromatic nitrogens is 2. The van der Waals surface area contributed by atoms with E-state index in [4.69, 9.17) is 9.47 Å². The van der Waals surface area contributed by atoms with Crippen molar-refractivity contribution in [1.29, 1.82) is 0 Å². The molecule has 59 heavy (non-hydrogen) atoms. The first-order chi connectivity index (χ1) is 28.2. The molecule has 4 rings (SSSR count). The minimum Gasteiger partial charge on any atom is -0.453 e. The molecule has 0 aliphatic carbocycles. The number of rotatable bonds is 16. The largest absolute Gasteiger partial charge is 0.453 e. The topological polar surface area (TPSA) is 147 Å². The Kier molecular flexibility index (Phi) is 17.0. The van der Waals surface area contributed by atoms with Gasteiger partial charge in [0.2, 0.25) is 11.8 Å². The molecular weight excluding hydrogens is 747 g/mol. The van der Waals surface area contributed by atoms with Crippen molar-refractivity contribution in [2.45, 2.75) is 105 Å². The molecule has 3 aromatic rings. The lowest BCUT2D eigenvalue weighted by Crippen LogP contribution is -2.55. The van der Waals surface area contributed by atoms with Crippen LogP contribution in [-0.2, 0) is 32.7 Å². The Morgan fingerprint density at radius 3 is 2.00 bits per heavy atom. The number of nitrogens with one attached hydrogen (secondary N) is 3. The molecule has 2 aromatic carbocycles. The second-order valence-electron chi connectivity index (χ2n) is 15.7. The van der Waals surface area contributed by atoms with Crippen molar-refractivity contribution < 1.29 is 28.7 Å². The van der Waals surface area contributed by atoms with E-state index in [2.05, 4.69) is 46.6 Å². The van der Waals surface area contributed by atoms with Crippen LogP contribution in [0.3, 0.4) is 0 Å². The number of hydrogen-bond acceptors (Lipinski definition) is 8. The highest BCUT2D eigenvalue weighted by Crippen LogP contribution is 2.26. The van der Waals surface area contributed by atoms with Crippen molar-refractivity contribution in [3.8, 4) is 23.1 Å². The van der Waals surface area contributed by atoms with Crippen LogP contribution in [-0.4, -0.2) is 94.8 Å². The molecule has 4 atom stereocenters. The molecule has 3 N–H and O–H groups in total. The quantitative estimate of drug-likeness (QED) is 0.136. The highest BCUT2D eigenvalue weighted by atomic mass is 16.5. The van der Waals surface area contributed by atoms with Crippen molar-refractivity contribution in [1.82, 2.24) is 35.3 Å². The molecule has 0 spiro atoms. The molecule has 1 saturated heterocycles. The van der Waals surface area contributed by atoms with Crippen molar-refractivity contribution >= 4 is 29.7 Å². The van der Waals surface area contributed by atoms with Crippen molar-refractivity contribution in [2.75, 3.05) is 27.3 Å². The maximum atomic E-state index is 13.6. The van der Waals surface area contributed by atoms with E-state index in [9.17, 15) is 19.2 Å². The second-order valence-corrected chi connectivity index (χ2v) is 15.7. The fraction of sp³-hybridized carbons (Fsp3) is 0.500. The van der Waals surface area contributed by atoms with Crippen LogP contribution in [0.2, 0.25) is 0 Å². The van der Waals surface area contributed by atoms with Gasteiger partial charge in [-0.15, -0.1) is 0 Å². The van der Waals surface area contributed by atoms with Gasteiger partial charge in [-0.1, -0.05) is 83.2 Å². The molecular formula is C46H63N7O6. The van der Waals surface area contributed by atoms with Gasteiger partial charge in [-0.2, -0.15) is 0 Å². The molecule has 1 aliphatic rings. The van der Waals surface area contributed by atoms with Crippen LogP contribution in [0.4, 0.5) is 9.59 Å². The normalized spacial score (nSPS) is 15.5. The van der Waals surface area contributed by atoms with E-state index in [0.29, 0.717) is 19.6 Å². The lowest BCUT2D eigenvalue weighted by atomic mass is 10.0. The van der Waals surface area contributed by atoms with Gasteiger partial charge in [-0.05, 0) is 80.3 Å². The predicted octanol–water partition coefficient (Wildman–Crippen LogP) is 6.71. The number of hydrogen-bond donors (Lipinski definition) is 3. The summed E-state index contributed by atoms with van der Waals surface area (Å²) in [5.41, 5.74) is 5.62. The molecule has 13 heteroatoms. The number of alkyl carbamates (subject to hydrolysis) is 2. The summed E-state index contributed by atoms with van der Waals surface area (Å²) in [6, 6.07) is 14.7. The molecule has 13 nitrogen and oxygen atoms in total. The van der Waals surface area contributed by atoms with Crippen molar-refractivity contribution in [3.63, 3.8) is 0 Å². The standard InChI is InChI=1S/C46H63N7O6/c1-11-13-26-52(43(54)41(30(3)4)49-45(56)58-9)29-40-47-28-39(51(40)8)36-24-20-34(21-25-36)17-16-33-18-22-35(23-19-33)37(12-2)48-32(7)38-15-14-27-53(38)44(55)42(31(5)6)50-46(57)59-10/h12,18-25,28,30-32,38,41-42,48H,11,13-15,26-27,29H2,1-10H3,(H,49,56)(H,50,57)/b37-12-/t32?,38-,41-,42-/m0/s1. The summed E-state index contributed by atoms with van der Waals surface area (Å²) < 4.78 is 11.5. The van der Waals surface area contributed by atoms with Gasteiger partial charge in [-0.25, -0.2) is 14.6 Å². The fourth-order valence-electron chi connectivity index (χ4n) is 7.29. The summed E-state index contributed by atoms with van der Waals surface area (Å²) >= 11 is 0. The van der Waals surface area contributed by atoms with Crippen LogP contribution < -0.4 is 16.0 Å². The molecule has 0 saturated carbocycles. The number of benzene rings is 2. The molecule has 4 amide bonds. The van der Waals surface area contributed by atoms with Gasteiger partial charge < -0.3 is 39.8 Å². The Morgan fingerprint density at radius 1 is 0.881 bits per heavy atom. The maximum Gasteiger partial charge on any atom is 0.407 e. The third-order valence-electron chi connectivity index (χ3n) is 10.9. The minimum absolute atomic E-state index is 0.0213. The number of methoxy groups -OCH3 is 2. The lowest BCUT2D eigenvalue weighted by molar-refractivity contribution is -0.136. The van der Waals surface area contributed by atoms with Gasteiger partial charge in [0.25, 0.3) is 0 Å². The third kappa shape index (κ3) is 12.1. The first-order valence-electron chi connectivity index (χ1n) is 20.7. The highest BCUT2D eigenvalue weighted by Gasteiger charge is 2.38. The Bertz CT molecular complexity index is 1980. The molecule has 1 fully saturated rings. The second kappa shape index (κ2) is 21.8. The maximum absolute atomic E-state index is 13.6. The SMILES string of the molecule is C/C=C(\NC(C)[C@@H]1CCCN1C(=O)[C@@H](NC(=O)OC)C(C)C)c1ccc(C#Cc2ccc(-c3cnc(CN(CCCC)C(=O)[C@@H](NC(=O)OC)C(C)C)n3C)cc2)cc1. The summed E-state index contributed by atoms with van der Waals surface area (Å²) in [5.74, 6) is 6.84. The summed E-state index contributed by atoms with van der Waals surface area (Å²) in [7, 11) is 4.53. The van der Waals surface area contributed by atoms with Gasteiger partial charge in [0.1, 0.15) is 17.9 Å². The molecule has 1 unspecified atom stereocenters. The lowest BCUT2D eigenvalue weighted by Gasteiger charge is -2.34. The number of likely N-dealkylation sites (tertiary alicyclic amines) is 1. The zero-order valence-electron chi connectivity index (χ0n) is 36.4. The Balaban J connectivity index is 1.41. The number of amides is 4. The molecule has 1 aliphatic heterocycles. The average Bonchev–Trinajstić information content (AvgIpc) is 3.88. The monoisotopic (exact) mass is 809 g/mol. The number of ether oxygens (including phenoxy) is 2. The van der Waals surface area contributed by atoms with Gasteiger partial charge in [0, 0.05) is 43.0 Å². The molecule has 0 bridgehead atoms. The van der Waals surface area contributed by atoms with Crippen LogP contribution in [0, 0.1) is 23.7 Å². The van der Waals surface area contributed by atoms with Crippen molar-refractivity contribution in [2.24, 2.45) is 18.9 Å². The van der Waals surface area contributed by atoms with Gasteiger partial charge in [-0.3, -0.25) is 9.59 Å². The molecule has 2 heterocycles. The summed E-state index contributed by atoms with van der Waals surface area (Å²) in [6.07, 6.45) is 6.14. The molecule has 318 valence electrons. The number of unbranched alkanes of at least 4 members (excludes halogenated alkanes) is 1. The number of nitrogens with zero attached hydrogens (tertiary/aromatic N) is 4. The minimum atomic E-state index is -0.709. The van der Waals surface area contributed by atoms with E-state index in [-0.39, 0.29) is 35.7 Å². The number of imidazole rings is 1. The van der Waals surface area contributed by atoms with E-state index >= 15 is 0 Å². The van der Waals surface area contributed by atoms with E-state index in [1.165, 1.54) is 14.2 Å².